The molecular weight excluding hydrogens is 276 g/mol. The topological polar surface area (TPSA) is 61.8 Å². The van der Waals surface area contributed by atoms with Gasteiger partial charge in [-0.25, -0.2) is 9.80 Å². The summed E-state index contributed by atoms with van der Waals surface area (Å²) in [6.07, 6.45) is 0. The Morgan fingerprint density at radius 2 is 2.10 bits per heavy atom. The second kappa shape index (κ2) is 5.88. The molecule has 0 amide bonds. The molecule has 20 heavy (non-hydrogen) atoms. The fraction of sp³-hybridized carbons (Fsp3) is 0.357. The predicted octanol–water partition coefficient (Wildman–Crippen LogP) is 1.94. The first-order chi connectivity index (χ1) is 9.75. The number of nitrogens with zero attached hydrogens (tertiary/aromatic N) is 1. The zero-order valence-electron chi connectivity index (χ0n) is 11.0. The van der Waals surface area contributed by atoms with E-state index in [1.807, 2.05) is 24.3 Å². The molecule has 2 N–H and O–H groups in total. The molecule has 1 fully saturated rings. The highest BCUT2D eigenvalue weighted by Crippen LogP contribution is 2.31. The third kappa shape index (κ3) is 2.69. The first kappa shape index (κ1) is 13.5. The molecule has 0 saturated carbocycles. The molecule has 1 aromatic heterocycles. The molecule has 5 nitrogen and oxygen atoms in total. The van der Waals surface area contributed by atoms with Crippen molar-refractivity contribution in [1.82, 2.24) is 10.4 Å². The number of ether oxygens (including phenoxy) is 1. The quantitative estimate of drug-likeness (QED) is 0.901. The van der Waals surface area contributed by atoms with E-state index in [1.165, 1.54) is 11.3 Å². The van der Waals surface area contributed by atoms with Crippen molar-refractivity contribution in [2.75, 3.05) is 26.3 Å². The van der Waals surface area contributed by atoms with Gasteiger partial charge >= 0.3 is 5.97 Å². The largest absolute Gasteiger partial charge is 0.477 e. The number of benzene rings is 1. The minimum atomic E-state index is -0.857. The van der Waals surface area contributed by atoms with Crippen LogP contribution in [0.5, 0.6) is 0 Å². The van der Waals surface area contributed by atoms with Crippen molar-refractivity contribution in [3.05, 3.63) is 34.7 Å². The maximum Gasteiger partial charge on any atom is 0.346 e. The van der Waals surface area contributed by atoms with Crippen LogP contribution in [0.4, 0.5) is 0 Å². The van der Waals surface area contributed by atoms with E-state index >= 15 is 0 Å². The van der Waals surface area contributed by atoms with Crippen LogP contribution in [0.25, 0.3) is 10.1 Å². The van der Waals surface area contributed by atoms with Gasteiger partial charge in [0, 0.05) is 29.9 Å². The molecular formula is C14H16N2O3S. The molecule has 0 radical (unpaired) electrons. The van der Waals surface area contributed by atoms with Crippen LogP contribution in [-0.4, -0.2) is 42.4 Å². The zero-order valence-corrected chi connectivity index (χ0v) is 11.8. The first-order valence-electron chi connectivity index (χ1n) is 6.55. The highest BCUT2D eigenvalue weighted by molar-refractivity contribution is 7.21. The van der Waals surface area contributed by atoms with Gasteiger partial charge in [0.05, 0.1) is 13.2 Å². The van der Waals surface area contributed by atoms with Crippen LogP contribution in [0.3, 0.4) is 0 Å². The molecule has 2 heterocycles. The molecule has 0 unspecified atom stereocenters. The zero-order chi connectivity index (χ0) is 13.9. The van der Waals surface area contributed by atoms with Gasteiger partial charge in [-0.2, -0.15) is 0 Å². The monoisotopic (exact) mass is 292 g/mol. The van der Waals surface area contributed by atoms with Crippen LogP contribution in [0.2, 0.25) is 0 Å². The number of carboxylic acid groups (broad SMARTS) is 1. The summed E-state index contributed by atoms with van der Waals surface area (Å²) in [4.78, 5) is 11.8. The van der Waals surface area contributed by atoms with E-state index in [0.29, 0.717) is 24.6 Å². The summed E-state index contributed by atoms with van der Waals surface area (Å²) in [5.74, 6) is -0.857. The van der Waals surface area contributed by atoms with E-state index in [-0.39, 0.29) is 0 Å². The molecule has 3 rings (SSSR count). The minimum Gasteiger partial charge on any atom is -0.477 e. The van der Waals surface area contributed by atoms with Crippen LogP contribution in [0.15, 0.2) is 24.3 Å². The molecule has 1 aliphatic heterocycles. The van der Waals surface area contributed by atoms with Gasteiger partial charge in [0.1, 0.15) is 4.88 Å². The second-order valence-corrected chi connectivity index (χ2v) is 5.70. The molecule has 106 valence electrons. The number of aromatic carboxylic acids is 1. The molecule has 0 atom stereocenters. The summed E-state index contributed by atoms with van der Waals surface area (Å²) in [5, 5.41) is 12.5. The Balaban J connectivity index is 1.84. The SMILES string of the molecule is O=C(O)c1sc2ccccc2c1CNN1CCOCC1. The number of morpholine rings is 1. The fourth-order valence-electron chi connectivity index (χ4n) is 2.36. The van der Waals surface area contributed by atoms with Crippen molar-refractivity contribution in [2.24, 2.45) is 0 Å². The van der Waals surface area contributed by atoms with E-state index in [4.69, 9.17) is 4.74 Å². The highest BCUT2D eigenvalue weighted by atomic mass is 32.1. The molecule has 1 aromatic carbocycles. The van der Waals surface area contributed by atoms with E-state index in [2.05, 4.69) is 10.4 Å². The average Bonchev–Trinajstić information content (AvgIpc) is 2.85. The number of thiophene rings is 1. The number of hydrogen-bond acceptors (Lipinski definition) is 5. The molecule has 6 heteroatoms. The Kier molecular flexibility index (Phi) is 3.98. The Morgan fingerprint density at radius 1 is 1.35 bits per heavy atom. The van der Waals surface area contributed by atoms with Crippen molar-refractivity contribution >= 4 is 27.4 Å². The summed E-state index contributed by atoms with van der Waals surface area (Å²) in [6, 6.07) is 7.82. The number of carbonyl (C=O) groups is 1. The Bertz CT molecular complexity index is 620. The van der Waals surface area contributed by atoms with Gasteiger partial charge in [-0.05, 0) is 11.5 Å². The number of hydrogen-bond donors (Lipinski definition) is 2. The Hall–Kier alpha value is -1.47. The van der Waals surface area contributed by atoms with Crippen molar-refractivity contribution in [2.45, 2.75) is 6.54 Å². The van der Waals surface area contributed by atoms with E-state index in [0.717, 1.165) is 28.7 Å². The average molecular weight is 292 g/mol. The van der Waals surface area contributed by atoms with Crippen LogP contribution in [-0.2, 0) is 11.3 Å². The smallest absolute Gasteiger partial charge is 0.346 e. The van der Waals surface area contributed by atoms with E-state index in [1.54, 1.807) is 0 Å². The van der Waals surface area contributed by atoms with Gasteiger partial charge in [0.2, 0.25) is 0 Å². The Morgan fingerprint density at radius 3 is 2.85 bits per heavy atom. The van der Waals surface area contributed by atoms with Gasteiger partial charge in [-0.15, -0.1) is 11.3 Å². The predicted molar refractivity (Wildman–Crippen MR) is 78.0 cm³/mol. The summed E-state index contributed by atoms with van der Waals surface area (Å²) < 4.78 is 6.31. The fourth-order valence-corrected chi connectivity index (χ4v) is 3.42. The van der Waals surface area contributed by atoms with Crippen molar-refractivity contribution in [3.8, 4) is 0 Å². The van der Waals surface area contributed by atoms with Crippen molar-refractivity contribution in [1.29, 1.82) is 0 Å². The van der Waals surface area contributed by atoms with Crippen LogP contribution in [0, 0.1) is 0 Å². The van der Waals surface area contributed by atoms with Crippen molar-refractivity contribution < 1.29 is 14.6 Å². The molecule has 0 spiro atoms. The first-order valence-corrected chi connectivity index (χ1v) is 7.37. The van der Waals surface area contributed by atoms with Gasteiger partial charge in [-0.1, -0.05) is 18.2 Å². The normalized spacial score (nSPS) is 16.6. The number of fused-ring (bicyclic) bond motifs is 1. The summed E-state index contributed by atoms with van der Waals surface area (Å²) in [5.41, 5.74) is 4.17. The third-order valence-electron chi connectivity index (χ3n) is 3.38. The van der Waals surface area contributed by atoms with E-state index < -0.39 is 5.97 Å². The number of carboxylic acids is 1. The van der Waals surface area contributed by atoms with Crippen LogP contribution >= 0.6 is 11.3 Å². The number of hydrazine groups is 1. The molecule has 0 aliphatic carbocycles. The van der Waals surface area contributed by atoms with Gasteiger partial charge in [0.15, 0.2) is 0 Å². The Labute approximate surface area is 120 Å². The maximum absolute atomic E-state index is 11.4. The minimum absolute atomic E-state index is 0.423. The highest BCUT2D eigenvalue weighted by Gasteiger charge is 2.18. The van der Waals surface area contributed by atoms with Crippen LogP contribution < -0.4 is 5.43 Å². The molecule has 1 saturated heterocycles. The van der Waals surface area contributed by atoms with Gasteiger partial charge in [-0.3, -0.25) is 5.43 Å². The maximum atomic E-state index is 11.4. The van der Waals surface area contributed by atoms with Crippen LogP contribution in [0.1, 0.15) is 15.2 Å². The third-order valence-corrected chi connectivity index (χ3v) is 4.58. The summed E-state index contributed by atoms with van der Waals surface area (Å²) >= 11 is 1.34. The van der Waals surface area contributed by atoms with Gasteiger partial charge < -0.3 is 9.84 Å². The molecule has 0 bridgehead atoms. The number of rotatable bonds is 4. The lowest BCUT2D eigenvalue weighted by molar-refractivity contribution is 0.0106. The molecule has 1 aliphatic rings. The number of nitrogens with one attached hydrogen (secondary N) is 1. The van der Waals surface area contributed by atoms with E-state index in [9.17, 15) is 9.90 Å². The lowest BCUT2D eigenvalue weighted by atomic mass is 10.1. The standard InChI is InChI=1S/C14H16N2O3S/c17-14(18)13-11(9-15-16-5-7-19-8-6-16)10-3-1-2-4-12(10)20-13/h1-4,15H,5-9H2,(H,17,18). The summed E-state index contributed by atoms with van der Waals surface area (Å²) in [6.45, 7) is 3.60. The van der Waals surface area contributed by atoms with Gasteiger partial charge in [0.25, 0.3) is 0 Å². The second-order valence-electron chi connectivity index (χ2n) is 4.65. The molecule has 2 aromatic rings. The lowest BCUT2D eigenvalue weighted by Crippen LogP contribution is -2.45. The lowest BCUT2D eigenvalue weighted by Gasteiger charge is -2.27. The van der Waals surface area contributed by atoms with Crippen molar-refractivity contribution in [3.63, 3.8) is 0 Å². The summed E-state index contributed by atoms with van der Waals surface area (Å²) in [7, 11) is 0.